The van der Waals surface area contributed by atoms with E-state index in [1.54, 1.807) is 0 Å². The lowest BCUT2D eigenvalue weighted by molar-refractivity contribution is -0.138. The molecule has 0 aliphatic carbocycles. The summed E-state index contributed by atoms with van der Waals surface area (Å²) in [7, 11) is -4.64. The minimum absolute atomic E-state index is 0.0614. The van der Waals surface area contributed by atoms with Crippen LogP contribution in [0.5, 0.6) is 11.5 Å². The first-order valence-electron chi connectivity index (χ1n) is 5.63. The van der Waals surface area contributed by atoms with Crippen molar-refractivity contribution in [3.63, 3.8) is 0 Å². The molecule has 0 saturated carbocycles. The second-order valence-electron chi connectivity index (χ2n) is 4.02. The van der Waals surface area contributed by atoms with Gasteiger partial charge in [-0.1, -0.05) is 0 Å². The predicted molar refractivity (Wildman–Crippen MR) is 64.9 cm³/mol. The van der Waals surface area contributed by atoms with Crippen LogP contribution in [0.25, 0.3) is 0 Å². The van der Waals surface area contributed by atoms with E-state index in [1.165, 1.54) is 0 Å². The van der Waals surface area contributed by atoms with E-state index >= 15 is 0 Å². The Balaban J connectivity index is 3.63. The monoisotopic (exact) mass is 382 g/mol. The Kier molecular flexibility index (Phi) is 5.28. The standard InChI is InChI=1S/C11H8F6O6S/c1-21-7-4-8(23-24(19,20)11(15,16)17)6(10(12,13)14)3-5(7)9(18)22-2/h3-4H,1-2H3. The van der Waals surface area contributed by atoms with E-state index in [1.807, 2.05) is 0 Å². The van der Waals surface area contributed by atoms with Gasteiger partial charge in [0.25, 0.3) is 0 Å². The van der Waals surface area contributed by atoms with Gasteiger partial charge in [-0.25, -0.2) is 4.79 Å². The van der Waals surface area contributed by atoms with Crippen molar-refractivity contribution in [3.8, 4) is 11.5 Å². The molecule has 0 radical (unpaired) electrons. The van der Waals surface area contributed by atoms with Gasteiger partial charge in [0.15, 0.2) is 5.75 Å². The van der Waals surface area contributed by atoms with Crippen LogP contribution in [0, 0.1) is 0 Å². The molecule has 136 valence electrons. The van der Waals surface area contributed by atoms with Crippen molar-refractivity contribution in [2.24, 2.45) is 0 Å². The quantitative estimate of drug-likeness (QED) is 0.345. The van der Waals surface area contributed by atoms with Gasteiger partial charge in [0.05, 0.1) is 14.2 Å². The largest absolute Gasteiger partial charge is 0.534 e. The summed E-state index contributed by atoms with van der Waals surface area (Å²) in [4.78, 5) is 11.4. The minimum atomic E-state index is -6.37. The lowest BCUT2D eigenvalue weighted by Crippen LogP contribution is -2.29. The molecule has 0 amide bonds. The zero-order valence-corrected chi connectivity index (χ0v) is 12.6. The van der Waals surface area contributed by atoms with Crippen LogP contribution in [-0.2, 0) is 21.0 Å². The van der Waals surface area contributed by atoms with E-state index in [0.717, 1.165) is 14.2 Å². The molecule has 0 heterocycles. The number of rotatable bonds is 4. The number of ether oxygens (including phenoxy) is 2. The Morgan fingerprint density at radius 2 is 1.54 bits per heavy atom. The SMILES string of the molecule is COC(=O)c1cc(C(F)(F)F)c(OS(=O)(=O)C(F)(F)F)cc1OC. The molecule has 24 heavy (non-hydrogen) atoms. The van der Waals surface area contributed by atoms with Crippen LogP contribution >= 0.6 is 0 Å². The maximum Gasteiger partial charge on any atom is 0.534 e. The average Bonchev–Trinajstić information content (AvgIpc) is 2.43. The maximum atomic E-state index is 13.0. The van der Waals surface area contributed by atoms with E-state index in [-0.39, 0.29) is 12.1 Å². The van der Waals surface area contributed by atoms with Gasteiger partial charge in [-0.05, 0) is 6.07 Å². The van der Waals surface area contributed by atoms with E-state index in [4.69, 9.17) is 0 Å². The molecule has 0 aliphatic rings. The molecule has 13 heteroatoms. The second-order valence-corrected chi connectivity index (χ2v) is 5.56. The van der Waals surface area contributed by atoms with E-state index in [2.05, 4.69) is 13.7 Å². The number of halogens is 6. The number of methoxy groups -OCH3 is 2. The Morgan fingerprint density at radius 3 is 1.92 bits per heavy atom. The molecule has 0 aliphatic heterocycles. The van der Waals surface area contributed by atoms with Gasteiger partial charge >= 0.3 is 27.8 Å². The summed E-state index contributed by atoms with van der Waals surface area (Å²) in [6.45, 7) is 0. The molecule has 1 aromatic rings. The van der Waals surface area contributed by atoms with Crippen molar-refractivity contribution in [1.82, 2.24) is 0 Å². The molecule has 0 unspecified atom stereocenters. The maximum absolute atomic E-state index is 13.0. The number of alkyl halides is 6. The summed E-state index contributed by atoms with van der Waals surface area (Å²) in [6.07, 6.45) is -5.33. The summed E-state index contributed by atoms with van der Waals surface area (Å²) in [5, 5.41) is 0. The fourth-order valence-electron chi connectivity index (χ4n) is 1.46. The van der Waals surface area contributed by atoms with Crippen molar-refractivity contribution in [2.75, 3.05) is 14.2 Å². The Labute approximate surface area is 131 Å². The smallest absolute Gasteiger partial charge is 0.496 e. The minimum Gasteiger partial charge on any atom is -0.496 e. The molecule has 0 aromatic heterocycles. The van der Waals surface area contributed by atoms with Gasteiger partial charge in [-0.3, -0.25) is 0 Å². The van der Waals surface area contributed by atoms with Gasteiger partial charge in [-0.2, -0.15) is 34.8 Å². The van der Waals surface area contributed by atoms with Crippen LogP contribution in [0.15, 0.2) is 12.1 Å². The zero-order chi connectivity index (χ0) is 18.9. The molecular weight excluding hydrogens is 374 g/mol. The lowest BCUT2D eigenvalue weighted by Gasteiger charge is -2.17. The number of benzene rings is 1. The second kappa shape index (κ2) is 6.37. The van der Waals surface area contributed by atoms with Crippen molar-refractivity contribution >= 4 is 16.1 Å². The molecule has 0 bridgehead atoms. The zero-order valence-electron chi connectivity index (χ0n) is 11.8. The normalized spacial score (nSPS) is 12.7. The predicted octanol–water partition coefficient (Wildman–Crippen LogP) is 2.73. The van der Waals surface area contributed by atoms with Gasteiger partial charge in [0, 0.05) is 6.07 Å². The number of carbonyl (C=O) groups excluding carboxylic acids is 1. The van der Waals surface area contributed by atoms with E-state index in [9.17, 15) is 39.6 Å². The van der Waals surface area contributed by atoms with Crippen LogP contribution in [0.3, 0.4) is 0 Å². The molecule has 0 saturated heterocycles. The van der Waals surface area contributed by atoms with Gasteiger partial charge in [-0.15, -0.1) is 0 Å². The Morgan fingerprint density at radius 1 is 1.00 bits per heavy atom. The topological polar surface area (TPSA) is 78.9 Å². The Hall–Kier alpha value is -2.18. The molecule has 0 N–H and O–H groups in total. The average molecular weight is 382 g/mol. The molecule has 0 spiro atoms. The van der Waals surface area contributed by atoms with Crippen molar-refractivity contribution in [3.05, 3.63) is 23.3 Å². The van der Waals surface area contributed by atoms with Gasteiger partial charge in [0.1, 0.15) is 16.9 Å². The van der Waals surface area contributed by atoms with Crippen LogP contribution in [-0.4, -0.2) is 34.1 Å². The van der Waals surface area contributed by atoms with E-state index in [0.29, 0.717) is 0 Å². The van der Waals surface area contributed by atoms with E-state index < -0.39 is 50.4 Å². The number of hydrogen-bond donors (Lipinski definition) is 0. The third kappa shape index (κ3) is 4.01. The molecule has 1 aromatic carbocycles. The molecular formula is C11H8F6O6S. The van der Waals surface area contributed by atoms with Gasteiger partial charge in [0.2, 0.25) is 0 Å². The first-order valence-corrected chi connectivity index (χ1v) is 7.03. The number of hydrogen-bond acceptors (Lipinski definition) is 6. The summed E-state index contributed by atoms with van der Waals surface area (Å²) in [5.74, 6) is -3.67. The fourth-order valence-corrected chi connectivity index (χ4v) is 1.92. The molecule has 0 atom stereocenters. The highest BCUT2D eigenvalue weighted by molar-refractivity contribution is 7.88. The summed E-state index contributed by atoms with van der Waals surface area (Å²) in [6, 6.07) is 0.254. The van der Waals surface area contributed by atoms with Crippen LogP contribution in [0.1, 0.15) is 15.9 Å². The fraction of sp³-hybridized carbons (Fsp3) is 0.364. The highest BCUT2D eigenvalue weighted by Crippen LogP contribution is 2.42. The summed E-state index contributed by atoms with van der Waals surface area (Å²) < 4.78 is 110. The third-order valence-electron chi connectivity index (χ3n) is 2.50. The highest BCUT2D eigenvalue weighted by atomic mass is 32.2. The van der Waals surface area contributed by atoms with Crippen molar-refractivity contribution in [2.45, 2.75) is 11.7 Å². The molecule has 6 nitrogen and oxygen atoms in total. The number of carbonyl (C=O) groups is 1. The van der Waals surface area contributed by atoms with Crippen molar-refractivity contribution < 1.29 is 53.2 Å². The van der Waals surface area contributed by atoms with Crippen LogP contribution < -0.4 is 8.92 Å². The first-order chi connectivity index (χ1) is 10.7. The molecule has 1 rings (SSSR count). The first kappa shape index (κ1) is 19.9. The highest BCUT2D eigenvalue weighted by Gasteiger charge is 2.50. The van der Waals surface area contributed by atoms with Crippen LogP contribution in [0.2, 0.25) is 0 Å². The molecule has 0 fully saturated rings. The lowest BCUT2D eigenvalue weighted by atomic mass is 10.1. The summed E-state index contributed by atoms with van der Waals surface area (Å²) >= 11 is 0. The Bertz CT molecular complexity index is 737. The van der Waals surface area contributed by atoms with Gasteiger partial charge < -0.3 is 13.7 Å². The number of esters is 1. The summed E-state index contributed by atoms with van der Waals surface area (Å²) in [5.41, 5.74) is -8.68. The third-order valence-corrected chi connectivity index (χ3v) is 3.46. The van der Waals surface area contributed by atoms with Crippen LogP contribution in [0.4, 0.5) is 26.3 Å². The van der Waals surface area contributed by atoms with Crippen molar-refractivity contribution in [1.29, 1.82) is 0 Å².